The van der Waals surface area contributed by atoms with Gasteiger partial charge in [0.05, 0.1) is 17.1 Å². The quantitative estimate of drug-likeness (QED) is 0.260. The second-order valence-corrected chi connectivity index (χ2v) is 13.4. The molecule has 0 bridgehead atoms. The zero-order valence-electron chi connectivity index (χ0n) is 24.6. The maximum Gasteiger partial charge on any atom is 0.416 e. The number of alkyl halides is 3. The van der Waals surface area contributed by atoms with E-state index in [4.69, 9.17) is 9.47 Å². The first-order chi connectivity index (χ1) is 20.4. The molecule has 43 heavy (non-hydrogen) atoms. The van der Waals surface area contributed by atoms with Crippen molar-refractivity contribution in [3.63, 3.8) is 0 Å². The van der Waals surface area contributed by atoms with Gasteiger partial charge in [0.15, 0.2) is 6.61 Å². The smallest absolute Gasteiger partial charge is 0.416 e. The van der Waals surface area contributed by atoms with Crippen LogP contribution in [-0.2, 0) is 37.7 Å². The molecule has 1 fully saturated rings. The number of carbonyl (C=O) groups is 1. The van der Waals surface area contributed by atoms with Crippen molar-refractivity contribution in [2.75, 3.05) is 19.8 Å². The van der Waals surface area contributed by atoms with Crippen molar-refractivity contribution in [2.45, 2.75) is 75.9 Å². The molecule has 230 valence electrons. The Morgan fingerprint density at radius 1 is 0.930 bits per heavy atom. The SMILES string of the molecule is CCOC(=O)COc1ccc(S(=O)(=O)N2Cc3cc(-c4ccc(C(F)(F)F)cc4)ccc3C3(CCCCC3)C2)c(C)c1C. The highest BCUT2D eigenvalue weighted by Gasteiger charge is 2.44. The van der Waals surface area contributed by atoms with Gasteiger partial charge in [-0.15, -0.1) is 0 Å². The van der Waals surface area contributed by atoms with Gasteiger partial charge in [0.2, 0.25) is 10.0 Å². The molecule has 1 aliphatic carbocycles. The monoisotopic (exact) mass is 615 g/mol. The molecular formula is C33H36F3NO5S. The molecule has 3 aromatic carbocycles. The fourth-order valence-electron chi connectivity index (χ4n) is 6.45. The summed E-state index contributed by atoms with van der Waals surface area (Å²) in [6.07, 6.45) is 0.406. The summed E-state index contributed by atoms with van der Waals surface area (Å²) < 4.78 is 80.0. The summed E-state index contributed by atoms with van der Waals surface area (Å²) in [5.74, 6) is -0.0879. The van der Waals surface area contributed by atoms with Gasteiger partial charge in [0, 0.05) is 18.5 Å². The van der Waals surface area contributed by atoms with E-state index in [9.17, 15) is 26.4 Å². The van der Waals surface area contributed by atoms with E-state index in [1.165, 1.54) is 18.2 Å². The minimum absolute atomic E-state index is 0.160. The number of hydrogen-bond acceptors (Lipinski definition) is 5. The van der Waals surface area contributed by atoms with Gasteiger partial charge in [-0.25, -0.2) is 13.2 Å². The molecule has 0 amide bonds. The Labute approximate surface area is 250 Å². The molecule has 0 unspecified atom stereocenters. The third-order valence-corrected chi connectivity index (χ3v) is 10.8. The Bertz CT molecular complexity index is 1610. The molecule has 0 atom stereocenters. The fourth-order valence-corrected chi connectivity index (χ4v) is 8.24. The number of ether oxygens (including phenoxy) is 2. The Balaban J connectivity index is 1.49. The summed E-state index contributed by atoms with van der Waals surface area (Å²) in [6.45, 7) is 5.69. The van der Waals surface area contributed by atoms with E-state index in [0.717, 1.165) is 60.9 Å². The highest BCUT2D eigenvalue weighted by atomic mass is 32.2. The second-order valence-electron chi connectivity index (χ2n) is 11.5. The summed E-state index contributed by atoms with van der Waals surface area (Å²) in [7, 11) is -3.93. The molecule has 1 saturated carbocycles. The number of carbonyl (C=O) groups excluding carboxylic acids is 1. The third kappa shape index (κ3) is 6.17. The molecule has 1 spiro atoms. The zero-order valence-corrected chi connectivity index (χ0v) is 25.4. The minimum Gasteiger partial charge on any atom is -0.482 e. The number of hydrogen-bond donors (Lipinski definition) is 0. The summed E-state index contributed by atoms with van der Waals surface area (Å²) >= 11 is 0. The Morgan fingerprint density at radius 2 is 1.60 bits per heavy atom. The summed E-state index contributed by atoms with van der Waals surface area (Å²) in [5.41, 5.74) is 3.51. The van der Waals surface area contributed by atoms with Crippen LogP contribution in [0.4, 0.5) is 13.2 Å². The van der Waals surface area contributed by atoms with E-state index >= 15 is 0 Å². The highest BCUT2D eigenvalue weighted by Crippen LogP contribution is 2.47. The number of benzene rings is 3. The molecule has 2 aliphatic rings. The molecule has 5 rings (SSSR count). The van der Waals surface area contributed by atoms with Crippen molar-refractivity contribution in [3.05, 3.63) is 82.4 Å². The van der Waals surface area contributed by atoms with E-state index < -0.39 is 27.7 Å². The van der Waals surface area contributed by atoms with Crippen molar-refractivity contribution in [2.24, 2.45) is 0 Å². The van der Waals surface area contributed by atoms with E-state index in [2.05, 4.69) is 0 Å². The first-order valence-electron chi connectivity index (χ1n) is 14.6. The van der Waals surface area contributed by atoms with E-state index in [1.807, 2.05) is 18.2 Å². The molecule has 3 aromatic rings. The summed E-state index contributed by atoms with van der Waals surface area (Å²) in [4.78, 5) is 11.9. The fraction of sp³-hybridized carbons (Fsp3) is 0.424. The van der Waals surface area contributed by atoms with Crippen LogP contribution in [0, 0.1) is 13.8 Å². The van der Waals surface area contributed by atoms with Gasteiger partial charge in [0.25, 0.3) is 0 Å². The molecule has 1 aliphatic heterocycles. The molecule has 0 radical (unpaired) electrons. The van der Waals surface area contributed by atoms with Gasteiger partial charge in [0.1, 0.15) is 5.75 Å². The highest BCUT2D eigenvalue weighted by molar-refractivity contribution is 7.89. The van der Waals surface area contributed by atoms with Crippen LogP contribution in [0.3, 0.4) is 0 Å². The second kappa shape index (κ2) is 12.0. The predicted molar refractivity (Wildman–Crippen MR) is 157 cm³/mol. The number of halogens is 3. The van der Waals surface area contributed by atoms with Crippen LogP contribution in [0.15, 0.2) is 59.5 Å². The summed E-state index contributed by atoms with van der Waals surface area (Å²) in [5, 5.41) is 0. The standard InChI is InChI=1S/C33H36F3NO5S/c1-4-41-31(38)20-42-29-14-15-30(23(3)22(29)2)43(39,40)37-19-26-18-25(24-8-11-27(12-9-24)33(34,35)36)10-13-28(26)32(21-37)16-6-5-7-17-32/h8-15,18H,4-7,16-17,19-21H2,1-3H3. The van der Waals surface area contributed by atoms with Crippen molar-refractivity contribution >= 4 is 16.0 Å². The lowest BCUT2D eigenvalue weighted by Gasteiger charge is -2.46. The van der Waals surface area contributed by atoms with Crippen LogP contribution in [0.2, 0.25) is 0 Å². The van der Waals surface area contributed by atoms with Crippen molar-refractivity contribution in [3.8, 4) is 16.9 Å². The van der Waals surface area contributed by atoms with Gasteiger partial charge in [-0.05, 0) is 97.3 Å². The van der Waals surface area contributed by atoms with Gasteiger partial charge < -0.3 is 9.47 Å². The van der Waals surface area contributed by atoms with E-state index in [0.29, 0.717) is 29.0 Å². The Hall–Kier alpha value is -3.37. The number of sulfonamides is 1. The third-order valence-electron chi connectivity index (χ3n) is 8.81. The molecule has 0 aromatic heterocycles. The van der Waals surface area contributed by atoms with Crippen molar-refractivity contribution in [1.82, 2.24) is 4.31 Å². The average molecular weight is 616 g/mol. The first kappa shape index (κ1) is 31.1. The average Bonchev–Trinajstić information content (AvgIpc) is 2.97. The van der Waals surface area contributed by atoms with Crippen LogP contribution >= 0.6 is 0 Å². The lowest BCUT2D eigenvalue weighted by molar-refractivity contribution is -0.145. The van der Waals surface area contributed by atoms with Crippen molar-refractivity contribution in [1.29, 1.82) is 0 Å². The van der Waals surface area contributed by atoms with Crippen molar-refractivity contribution < 1.29 is 35.9 Å². The van der Waals surface area contributed by atoms with Gasteiger partial charge in [-0.3, -0.25) is 0 Å². The van der Waals surface area contributed by atoms with Gasteiger partial charge in [-0.2, -0.15) is 17.5 Å². The first-order valence-corrected chi connectivity index (χ1v) is 16.0. The molecule has 6 nitrogen and oxygen atoms in total. The number of esters is 1. The number of fused-ring (bicyclic) bond motifs is 2. The topological polar surface area (TPSA) is 72.9 Å². The number of rotatable bonds is 7. The van der Waals surface area contributed by atoms with E-state index in [-0.39, 0.29) is 30.1 Å². The van der Waals surface area contributed by atoms with Crippen LogP contribution in [0.1, 0.15) is 66.8 Å². The predicted octanol–water partition coefficient (Wildman–Crippen LogP) is 7.34. The maximum atomic E-state index is 14.2. The summed E-state index contributed by atoms with van der Waals surface area (Å²) in [6, 6.07) is 14.1. The molecular weight excluding hydrogens is 579 g/mol. The molecule has 0 N–H and O–H groups in total. The van der Waals surface area contributed by atoms with Crippen LogP contribution < -0.4 is 4.74 Å². The largest absolute Gasteiger partial charge is 0.482 e. The molecule has 10 heteroatoms. The van der Waals surface area contributed by atoms with Gasteiger partial charge in [-0.1, -0.05) is 43.5 Å². The van der Waals surface area contributed by atoms with Gasteiger partial charge >= 0.3 is 12.1 Å². The van der Waals surface area contributed by atoms with Crippen LogP contribution in [0.25, 0.3) is 11.1 Å². The Kier molecular flexibility index (Phi) is 8.64. The lowest BCUT2D eigenvalue weighted by atomic mass is 9.66. The lowest BCUT2D eigenvalue weighted by Crippen LogP contribution is -2.49. The minimum atomic E-state index is -4.42. The normalized spacial score (nSPS) is 17.0. The molecule has 1 heterocycles. The Morgan fingerprint density at radius 3 is 2.26 bits per heavy atom. The van der Waals surface area contributed by atoms with Crippen LogP contribution in [0.5, 0.6) is 5.75 Å². The molecule has 0 saturated heterocycles. The van der Waals surface area contributed by atoms with E-state index in [1.54, 1.807) is 31.1 Å². The zero-order chi connectivity index (χ0) is 31.0. The van der Waals surface area contributed by atoms with Crippen LogP contribution in [-0.4, -0.2) is 38.5 Å². The maximum absolute atomic E-state index is 14.2. The number of nitrogens with zero attached hydrogens (tertiary/aromatic N) is 1.